The fourth-order valence-electron chi connectivity index (χ4n) is 2.12. The summed E-state index contributed by atoms with van der Waals surface area (Å²) >= 11 is 0. The zero-order valence-corrected chi connectivity index (χ0v) is 9.70. The third-order valence-corrected chi connectivity index (χ3v) is 2.99. The zero-order chi connectivity index (χ0) is 13.4. The number of fused-ring (bicyclic) bond motifs is 2. The van der Waals surface area contributed by atoms with Gasteiger partial charge in [-0.3, -0.25) is 9.63 Å². The zero-order valence-electron chi connectivity index (χ0n) is 9.70. The van der Waals surface area contributed by atoms with Crippen LogP contribution in [0.5, 0.6) is 0 Å². The highest BCUT2D eigenvalue weighted by molar-refractivity contribution is 5.90. The van der Waals surface area contributed by atoms with Crippen molar-refractivity contribution in [2.45, 2.75) is 19.0 Å². The Morgan fingerprint density at radius 2 is 2.28 bits per heavy atom. The van der Waals surface area contributed by atoms with Gasteiger partial charge >= 0.3 is 12.0 Å². The summed E-state index contributed by atoms with van der Waals surface area (Å²) in [6, 6.07) is -1.71. The fraction of sp³-hybridized carbons (Fsp3) is 0.500. The van der Waals surface area contributed by atoms with Gasteiger partial charge in [0.2, 0.25) is 5.91 Å². The van der Waals surface area contributed by atoms with E-state index in [9.17, 15) is 14.4 Å². The molecule has 98 valence electrons. The van der Waals surface area contributed by atoms with Crippen LogP contribution in [-0.2, 0) is 14.4 Å². The summed E-state index contributed by atoms with van der Waals surface area (Å²) in [5.74, 6) is -1.80. The number of carboxylic acid groups (broad SMARTS) is 1. The molecule has 0 unspecified atom stereocenters. The van der Waals surface area contributed by atoms with E-state index < -0.39 is 30.6 Å². The fourth-order valence-corrected chi connectivity index (χ4v) is 2.12. The number of carbonyl (C=O) groups excluding carboxylic acids is 2. The molecule has 1 saturated heterocycles. The van der Waals surface area contributed by atoms with Crippen molar-refractivity contribution < 1.29 is 24.3 Å². The first kappa shape index (κ1) is 12.4. The van der Waals surface area contributed by atoms with E-state index >= 15 is 0 Å². The van der Waals surface area contributed by atoms with E-state index in [-0.39, 0.29) is 12.6 Å². The standard InChI is InChI=1S/C10H13N3O5/c1-5-2-6(9(11)16)12-3-7(5)13(10(12)17)18-4-8(14)15/h2,6-7H,3-4H2,1H3,(H2,11,16)(H,14,15)/t6-,7-/m0/s1. The summed E-state index contributed by atoms with van der Waals surface area (Å²) in [5, 5.41) is 9.53. The van der Waals surface area contributed by atoms with Crippen molar-refractivity contribution in [1.29, 1.82) is 0 Å². The van der Waals surface area contributed by atoms with Crippen molar-refractivity contribution in [2.24, 2.45) is 5.73 Å². The number of nitrogens with two attached hydrogens (primary N) is 1. The predicted molar refractivity (Wildman–Crippen MR) is 58.1 cm³/mol. The molecule has 0 radical (unpaired) electrons. The van der Waals surface area contributed by atoms with Gasteiger partial charge in [0.15, 0.2) is 6.61 Å². The number of carboxylic acids is 1. The Morgan fingerprint density at radius 3 is 2.83 bits per heavy atom. The molecule has 18 heavy (non-hydrogen) atoms. The number of hydroxylamine groups is 2. The molecule has 0 saturated carbocycles. The van der Waals surface area contributed by atoms with Crippen LogP contribution >= 0.6 is 0 Å². The topological polar surface area (TPSA) is 113 Å². The van der Waals surface area contributed by atoms with Crippen molar-refractivity contribution in [1.82, 2.24) is 9.96 Å². The Balaban J connectivity index is 2.20. The normalized spacial score (nSPS) is 26.3. The maximum absolute atomic E-state index is 12.0. The maximum atomic E-state index is 12.0. The van der Waals surface area contributed by atoms with E-state index in [1.54, 1.807) is 13.0 Å². The lowest BCUT2D eigenvalue weighted by Crippen LogP contribution is -2.46. The molecule has 2 aliphatic rings. The molecule has 8 nitrogen and oxygen atoms in total. The predicted octanol–water partition coefficient (Wildman–Crippen LogP) is -1.08. The highest BCUT2D eigenvalue weighted by Gasteiger charge is 2.47. The molecule has 0 aromatic heterocycles. The summed E-state index contributed by atoms with van der Waals surface area (Å²) in [7, 11) is 0. The van der Waals surface area contributed by atoms with Gasteiger partial charge in [-0.2, -0.15) is 5.06 Å². The van der Waals surface area contributed by atoms with Crippen LogP contribution < -0.4 is 5.73 Å². The van der Waals surface area contributed by atoms with E-state index in [4.69, 9.17) is 15.7 Å². The van der Waals surface area contributed by atoms with E-state index in [1.807, 2.05) is 0 Å². The van der Waals surface area contributed by atoms with Gasteiger partial charge < -0.3 is 15.7 Å². The average Bonchev–Trinajstić information content (AvgIpc) is 2.56. The molecule has 8 heteroatoms. The Morgan fingerprint density at radius 1 is 1.61 bits per heavy atom. The van der Waals surface area contributed by atoms with Crippen molar-refractivity contribution in [3.05, 3.63) is 11.6 Å². The van der Waals surface area contributed by atoms with Crippen LogP contribution in [0.25, 0.3) is 0 Å². The number of hydrogen-bond donors (Lipinski definition) is 2. The van der Waals surface area contributed by atoms with E-state index in [0.717, 1.165) is 10.6 Å². The van der Waals surface area contributed by atoms with Crippen LogP contribution in [-0.4, -0.2) is 58.2 Å². The molecule has 2 rings (SSSR count). The molecule has 0 aromatic rings. The summed E-state index contributed by atoms with van der Waals surface area (Å²) in [6.45, 7) is 1.41. The van der Waals surface area contributed by atoms with Gasteiger partial charge in [0.25, 0.3) is 0 Å². The maximum Gasteiger partial charge on any atom is 0.345 e. The molecule has 3 amide bonds. The molecule has 1 fully saturated rings. The molecule has 0 aliphatic carbocycles. The number of rotatable bonds is 4. The number of hydrogen-bond acceptors (Lipinski definition) is 4. The summed E-state index contributed by atoms with van der Waals surface area (Å²) in [5.41, 5.74) is 5.97. The monoisotopic (exact) mass is 255 g/mol. The van der Waals surface area contributed by atoms with Crippen LogP contribution in [0.15, 0.2) is 11.6 Å². The Kier molecular flexibility index (Phi) is 2.95. The quantitative estimate of drug-likeness (QED) is 0.620. The minimum Gasteiger partial charge on any atom is -0.479 e. The first-order chi connectivity index (χ1) is 8.41. The van der Waals surface area contributed by atoms with Crippen LogP contribution in [0.1, 0.15) is 6.92 Å². The van der Waals surface area contributed by atoms with Gasteiger partial charge in [-0.15, -0.1) is 0 Å². The molecule has 0 aromatic carbocycles. The molecule has 2 heterocycles. The van der Waals surface area contributed by atoms with Crippen molar-refractivity contribution in [3.8, 4) is 0 Å². The van der Waals surface area contributed by atoms with Crippen LogP contribution in [0.2, 0.25) is 0 Å². The third-order valence-electron chi connectivity index (χ3n) is 2.99. The Hall–Kier alpha value is -2.09. The number of carbonyl (C=O) groups is 3. The molecule has 0 spiro atoms. The number of aliphatic carboxylic acids is 1. The van der Waals surface area contributed by atoms with Gasteiger partial charge in [-0.05, 0) is 12.5 Å². The summed E-state index contributed by atoms with van der Waals surface area (Å²) < 4.78 is 0. The van der Waals surface area contributed by atoms with Crippen LogP contribution in [0, 0.1) is 0 Å². The lowest BCUT2D eigenvalue weighted by atomic mass is 10.0. The minimum absolute atomic E-state index is 0.272. The van der Waals surface area contributed by atoms with Gasteiger partial charge in [-0.1, -0.05) is 6.08 Å². The Bertz CT molecular complexity index is 447. The van der Waals surface area contributed by atoms with Gasteiger partial charge in [-0.25, -0.2) is 9.59 Å². The lowest BCUT2D eigenvalue weighted by Gasteiger charge is -2.25. The number of nitrogens with zero attached hydrogens (tertiary/aromatic N) is 2. The van der Waals surface area contributed by atoms with Crippen molar-refractivity contribution >= 4 is 17.9 Å². The third kappa shape index (κ3) is 1.90. The van der Waals surface area contributed by atoms with Crippen molar-refractivity contribution in [3.63, 3.8) is 0 Å². The summed E-state index contributed by atoms with van der Waals surface area (Å²) in [4.78, 5) is 39.8. The van der Waals surface area contributed by atoms with Crippen molar-refractivity contribution in [2.75, 3.05) is 13.2 Å². The first-order valence-corrected chi connectivity index (χ1v) is 5.34. The second-order valence-electron chi connectivity index (χ2n) is 4.20. The van der Waals surface area contributed by atoms with Gasteiger partial charge in [0.1, 0.15) is 6.04 Å². The SMILES string of the molecule is CC1=C[C@@H](C(N)=O)N2C[C@@H]1N(OCC(=O)O)C2=O. The second kappa shape index (κ2) is 4.30. The average molecular weight is 255 g/mol. The summed E-state index contributed by atoms with van der Waals surface area (Å²) in [6.07, 6.45) is 1.60. The van der Waals surface area contributed by atoms with E-state index in [1.165, 1.54) is 4.90 Å². The Labute approximate surface area is 103 Å². The highest BCUT2D eigenvalue weighted by atomic mass is 16.7. The molecular formula is C10H13N3O5. The molecule has 2 bridgehead atoms. The molecule has 2 atom stereocenters. The van der Waals surface area contributed by atoms with Gasteiger partial charge in [0, 0.05) is 0 Å². The number of urea groups is 1. The highest BCUT2D eigenvalue weighted by Crippen LogP contribution is 2.29. The lowest BCUT2D eigenvalue weighted by molar-refractivity contribution is -0.164. The molecular weight excluding hydrogens is 242 g/mol. The first-order valence-electron chi connectivity index (χ1n) is 5.34. The van der Waals surface area contributed by atoms with Gasteiger partial charge in [0.05, 0.1) is 12.6 Å². The minimum atomic E-state index is -1.17. The number of amides is 3. The number of primary amides is 1. The van der Waals surface area contributed by atoms with Crippen LogP contribution in [0.4, 0.5) is 4.79 Å². The molecule has 2 aliphatic heterocycles. The van der Waals surface area contributed by atoms with E-state index in [2.05, 4.69) is 0 Å². The largest absolute Gasteiger partial charge is 0.479 e. The second-order valence-corrected chi connectivity index (χ2v) is 4.20. The smallest absolute Gasteiger partial charge is 0.345 e. The molecule has 3 N–H and O–H groups in total. The van der Waals surface area contributed by atoms with E-state index in [0.29, 0.717) is 0 Å². The van der Waals surface area contributed by atoms with Crippen LogP contribution in [0.3, 0.4) is 0 Å².